The van der Waals surface area contributed by atoms with Crippen LogP contribution in [0.25, 0.3) is 0 Å². The van der Waals surface area contributed by atoms with Crippen molar-refractivity contribution in [3.05, 3.63) is 0 Å². The van der Waals surface area contributed by atoms with Crippen LogP contribution >= 0.6 is 23.5 Å². The number of hydrogen-bond acceptors (Lipinski definition) is 40. The van der Waals surface area contributed by atoms with Gasteiger partial charge in [0.05, 0.1) is 40.3 Å². The molecule has 576 valence electrons. The molecule has 0 aromatic rings. The minimum Gasteiger partial charge on any atom is -0.469 e. The first-order valence-corrected chi connectivity index (χ1v) is 33.8. The van der Waals surface area contributed by atoms with Gasteiger partial charge in [-0.25, -0.2) is 0 Å². The van der Waals surface area contributed by atoms with Crippen molar-refractivity contribution in [2.45, 2.75) is 230 Å². The van der Waals surface area contributed by atoms with Crippen molar-refractivity contribution in [1.82, 2.24) is 0 Å². The number of hydrogen-bond donors (Lipinski definition) is 2. The highest BCUT2D eigenvalue weighted by Gasteiger charge is 2.76. The maximum absolute atomic E-state index is 14.5. The first-order valence-electron chi connectivity index (χ1n) is 31.5. The lowest BCUT2D eigenvalue weighted by atomic mass is 9.68. The molecule has 4 saturated heterocycles. The molecule has 1 unspecified atom stereocenters. The second-order valence-electron chi connectivity index (χ2n) is 23.1. The first kappa shape index (κ1) is 86.8. The monoisotopic (exact) mass is 1500 g/mol. The molecular formula is C62H88O38S2. The van der Waals surface area contributed by atoms with Crippen LogP contribution in [-0.4, -0.2) is 297 Å². The largest absolute Gasteiger partial charge is 0.469 e. The maximum atomic E-state index is 14.5. The summed E-state index contributed by atoms with van der Waals surface area (Å²) >= 11 is 2.24. The van der Waals surface area contributed by atoms with Gasteiger partial charge in [-0.1, -0.05) is 0 Å². The van der Waals surface area contributed by atoms with E-state index in [4.69, 9.17) is 99.5 Å². The van der Waals surface area contributed by atoms with Crippen molar-refractivity contribution in [3.63, 3.8) is 0 Å². The normalized spacial score (nSPS) is 30.7. The summed E-state index contributed by atoms with van der Waals surface area (Å²) in [5.41, 5.74) is -6.63. The molecule has 0 spiro atoms. The number of carbonyl (C=O) groups is 15. The Bertz CT molecular complexity index is 2980. The molecule has 38 nitrogen and oxygen atoms in total. The topological polar surface area (TPSA) is 490 Å². The minimum absolute atomic E-state index is 0.0285. The summed E-state index contributed by atoms with van der Waals surface area (Å²) in [6.07, 6.45) is -44.8. The van der Waals surface area contributed by atoms with Gasteiger partial charge in [-0.05, 0) is 0 Å². The summed E-state index contributed by atoms with van der Waals surface area (Å²) in [6.45, 7) is 6.85. The van der Waals surface area contributed by atoms with Crippen molar-refractivity contribution in [3.8, 4) is 0 Å². The van der Waals surface area contributed by atoms with Crippen molar-refractivity contribution < 1.29 is 182 Å². The molecule has 4 aliphatic heterocycles. The Balaban J connectivity index is 2.30. The van der Waals surface area contributed by atoms with E-state index in [0.29, 0.717) is 0 Å². The third kappa shape index (κ3) is 24.3. The highest BCUT2D eigenvalue weighted by molar-refractivity contribution is 7.99. The lowest BCUT2D eigenvalue weighted by molar-refractivity contribution is -0.401. The summed E-state index contributed by atoms with van der Waals surface area (Å²) in [5.74, 6) is -16.7. The third-order valence-corrected chi connectivity index (χ3v) is 17.2. The fraction of sp³-hybridized carbons (Fsp3) is 0.758. The van der Waals surface area contributed by atoms with Gasteiger partial charge in [-0.2, -0.15) is 23.5 Å². The summed E-state index contributed by atoms with van der Waals surface area (Å²) in [5, 5.41) is 27.7. The van der Waals surface area contributed by atoms with E-state index in [1.165, 1.54) is 18.9 Å². The number of carbonyl (C=O) groups excluding carboxylic acids is 15. The van der Waals surface area contributed by atoms with Crippen LogP contribution in [0.4, 0.5) is 0 Å². The number of aliphatic hydroxyl groups is 2. The molecule has 0 aliphatic carbocycles. The number of ether oxygens (including phenoxy) is 21. The summed E-state index contributed by atoms with van der Waals surface area (Å²) in [4.78, 5) is 199. The number of aliphatic hydroxyl groups excluding tert-OH is 1. The highest BCUT2D eigenvalue weighted by atomic mass is 32.2. The number of rotatable bonds is 34. The van der Waals surface area contributed by atoms with Crippen molar-refractivity contribution in [2.24, 2.45) is 0 Å². The molecule has 0 radical (unpaired) electrons. The van der Waals surface area contributed by atoms with Crippen LogP contribution < -0.4 is 0 Å². The van der Waals surface area contributed by atoms with Crippen LogP contribution in [0, 0.1) is 0 Å². The lowest BCUT2D eigenvalue weighted by Gasteiger charge is -2.61. The van der Waals surface area contributed by atoms with E-state index < -0.39 is 243 Å². The van der Waals surface area contributed by atoms with Crippen LogP contribution in [0.3, 0.4) is 0 Å². The Hall–Kier alpha value is -7.57. The van der Waals surface area contributed by atoms with E-state index >= 15 is 0 Å². The SMILES string of the molecule is COC(=O)CCSCCO[C@H]1O[C@H](COC(C)=O)[C@](OCCSCCC(=O)OC)([C@@H]2O[C@H](COC(C)=O)[C@](O)([C@@H]3O[C@H](C(O)[C@@H]4O[C@H](COC(C)=O)[C@@H](OC(C)=O)[C@H](OC(C)=O)[C@H]4OC(C)=O)[C@@H](OC(C)=O)[C@H](OC(C)=O)[C@H]3OC(C)=O)[C@H](OC(C)=O)[C@H]2OC(C)=O)[C@H](OC(C)=O)[C@H]1OC(C)=O. The molecule has 2 N–H and O–H groups in total. The van der Waals surface area contributed by atoms with Crippen LogP contribution in [0.15, 0.2) is 0 Å². The Morgan fingerprint density at radius 1 is 0.382 bits per heavy atom. The minimum atomic E-state index is -3.66. The molecule has 4 heterocycles. The molecular weight excluding hydrogens is 1420 g/mol. The standard InChI is InChI=1S/C62H88O38S2/c1-27(63)83-24-40-46(87-30(4)66)49(88-31(5)67)50(89-32(6)68)47(97-40)45(78)48-51(90-33(7)69)52(91-34(8)70)53(92-35(9)71)56(100-48)61(79)41(25-84-28(2)64)98-58(54(93-36(10)72)57(61)95-38(12)74)62(86-19-23-102-21-17-44(77)81-15)42(26-85-29(3)65)99-60(82-18-22-101-20-16-43(76)80-14)55(94-37(11)73)59(62)96-39(13)75/h40-42,45-60,78-79H,16-26H2,1-15H3/t40-,41-,42-,45?,46-,47+,48-,49+,50+,51-,52+,53-,54-,55-,56-,57-,58-,59-,60+,61+,62+/m1/s1. The van der Waals surface area contributed by atoms with Crippen LogP contribution in [0.5, 0.6) is 0 Å². The zero-order valence-corrected chi connectivity index (χ0v) is 60.3. The highest BCUT2D eigenvalue weighted by Crippen LogP contribution is 2.51. The fourth-order valence-electron chi connectivity index (χ4n) is 11.8. The number of esters is 15. The molecule has 102 heavy (non-hydrogen) atoms. The molecule has 0 bridgehead atoms. The molecule has 4 fully saturated rings. The molecule has 0 saturated carbocycles. The Morgan fingerprint density at radius 2 is 0.765 bits per heavy atom. The second-order valence-corrected chi connectivity index (χ2v) is 25.5. The Labute approximate surface area is 593 Å². The van der Waals surface area contributed by atoms with Gasteiger partial charge in [0, 0.05) is 113 Å². The van der Waals surface area contributed by atoms with Crippen molar-refractivity contribution in [2.75, 3.05) is 70.3 Å². The Morgan fingerprint density at radius 3 is 1.23 bits per heavy atom. The Kier molecular flexibility index (Phi) is 34.5. The van der Waals surface area contributed by atoms with Gasteiger partial charge in [0.1, 0.15) is 68.7 Å². The first-order chi connectivity index (χ1) is 47.8. The molecule has 0 aromatic carbocycles. The third-order valence-electron chi connectivity index (χ3n) is 15.3. The molecule has 40 heteroatoms. The van der Waals surface area contributed by atoms with Gasteiger partial charge < -0.3 is 110 Å². The van der Waals surface area contributed by atoms with Crippen molar-refractivity contribution in [1.29, 1.82) is 0 Å². The molecule has 21 atom stereocenters. The molecule has 4 aliphatic rings. The van der Waals surface area contributed by atoms with Crippen LogP contribution in [-0.2, 0) is 171 Å². The van der Waals surface area contributed by atoms with Gasteiger partial charge in [-0.15, -0.1) is 0 Å². The van der Waals surface area contributed by atoms with E-state index in [9.17, 15) is 82.1 Å². The number of methoxy groups -OCH3 is 2. The predicted molar refractivity (Wildman–Crippen MR) is 334 cm³/mol. The second kappa shape index (κ2) is 40.5. The van der Waals surface area contributed by atoms with E-state index in [1.54, 1.807) is 0 Å². The summed E-state index contributed by atoms with van der Waals surface area (Å²) < 4.78 is 124. The van der Waals surface area contributed by atoms with Gasteiger partial charge in [-0.3, -0.25) is 71.9 Å². The van der Waals surface area contributed by atoms with E-state index in [0.717, 1.165) is 109 Å². The fourth-order valence-corrected chi connectivity index (χ4v) is 13.3. The van der Waals surface area contributed by atoms with Gasteiger partial charge >= 0.3 is 89.5 Å². The van der Waals surface area contributed by atoms with Crippen LogP contribution in [0.1, 0.15) is 103 Å². The van der Waals surface area contributed by atoms with E-state index in [1.807, 2.05) is 0 Å². The lowest BCUT2D eigenvalue weighted by Crippen LogP contribution is -2.84. The molecule has 0 amide bonds. The smallest absolute Gasteiger partial charge is 0.306 e. The zero-order chi connectivity index (χ0) is 76.7. The summed E-state index contributed by atoms with van der Waals surface area (Å²) in [7, 11) is 2.34. The molecule has 4 rings (SSSR count). The van der Waals surface area contributed by atoms with E-state index in [2.05, 4.69) is 0 Å². The average Bonchev–Trinajstić information content (AvgIpc) is 0.699. The van der Waals surface area contributed by atoms with Gasteiger partial charge in [0.15, 0.2) is 78.5 Å². The maximum Gasteiger partial charge on any atom is 0.306 e. The number of thioether (sulfide) groups is 2. The average molecular weight is 1510 g/mol. The quantitative estimate of drug-likeness (QED) is 0.0419. The molecule has 0 aromatic heterocycles. The zero-order valence-electron chi connectivity index (χ0n) is 58.7. The van der Waals surface area contributed by atoms with Crippen molar-refractivity contribution >= 4 is 113 Å². The van der Waals surface area contributed by atoms with E-state index in [-0.39, 0.29) is 42.5 Å². The predicted octanol–water partition coefficient (Wildman–Crippen LogP) is -1.52. The summed E-state index contributed by atoms with van der Waals surface area (Å²) in [6, 6.07) is 0. The van der Waals surface area contributed by atoms with Gasteiger partial charge in [0.25, 0.3) is 0 Å². The van der Waals surface area contributed by atoms with Crippen LogP contribution in [0.2, 0.25) is 0 Å². The van der Waals surface area contributed by atoms with Gasteiger partial charge in [0.2, 0.25) is 0 Å².